The first-order chi connectivity index (χ1) is 16.4. The van der Waals surface area contributed by atoms with Gasteiger partial charge in [-0.25, -0.2) is 10.2 Å². The number of nitrogens with zero attached hydrogens (tertiary/aromatic N) is 1. The van der Waals surface area contributed by atoms with E-state index in [1.165, 1.54) is 6.21 Å². The molecule has 34 heavy (non-hydrogen) atoms. The number of hydrazone groups is 1. The van der Waals surface area contributed by atoms with Gasteiger partial charge in [0, 0.05) is 15.7 Å². The third kappa shape index (κ3) is 6.76. The fraction of sp³-hybridized carbons (Fsp3) is 0.120. The molecule has 0 radical (unpaired) electrons. The Kier molecular flexibility index (Phi) is 8.53. The molecule has 2 N–H and O–H groups in total. The van der Waals surface area contributed by atoms with Gasteiger partial charge >= 0.3 is 17.8 Å². The van der Waals surface area contributed by atoms with Crippen molar-refractivity contribution in [1.29, 1.82) is 0 Å². The van der Waals surface area contributed by atoms with E-state index in [0.29, 0.717) is 33.6 Å². The van der Waals surface area contributed by atoms with Crippen LogP contribution in [0.4, 0.5) is 5.69 Å². The van der Waals surface area contributed by atoms with Crippen LogP contribution in [0.1, 0.15) is 28.4 Å². The number of ether oxygens (including phenoxy) is 2. The summed E-state index contributed by atoms with van der Waals surface area (Å²) in [7, 11) is 0. The maximum Gasteiger partial charge on any atom is 0.343 e. The van der Waals surface area contributed by atoms with Crippen LogP contribution >= 0.6 is 15.9 Å². The van der Waals surface area contributed by atoms with Crippen LogP contribution in [0.25, 0.3) is 0 Å². The molecule has 0 atom stereocenters. The number of aryl methyl sites for hydroxylation is 1. The minimum atomic E-state index is -0.960. The van der Waals surface area contributed by atoms with Crippen molar-refractivity contribution in [1.82, 2.24) is 5.43 Å². The third-order valence-electron chi connectivity index (χ3n) is 4.54. The number of hydrogen-bond donors (Lipinski definition) is 2. The molecule has 0 saturated carbocycles. The second-order valence-corrected chi connectivity index (χ2v) is 7.91. The second kappa shape index (κ2) is 11.8. The van der Waals surface area contributed by atoms with E-state index in [4.69, 9.17) is 9.47 Å². The molecule has 0 aromatic heterocycles. The van der Waals surface area contributed by atoms with Gasteiger partial charge in [-0.2, -0.15) is 5.10 Å². The molecule has 0 fully saturated rings. The molecule has 3 aromatic carbocycles. The van der Waals surface area contributed by atoms with E-state index in [2.05, 4.69) is 31.8 Å². The van der Waals surface area contributed by atoms with Crippen LogP contribution in [-0.2, 0) is 9.59 Å². The first kappa shape index (κ1) is 24.7. The second-order valence-electron chi connectivity index (χ2n) is 7.00. The monoisotopic (exact) mass is 523 g/mol. The highest BCUT2D eigenvalue weighted by Crippen LogP contribution is 2.23. The van der Waals surface area contributed by atoms with Crippen LogP contribution in [0.3, 0.4) is 0 Å². The van der Waals surface area contributed by atoms with E-state index in [-0.39, 0.29) is 5.75 Å². The van der Waals surface area contributed by atoms with Gasteiger partial charge in [0.05, 0.1) is 18.4 Å². The molecule has 0 saturated heterocycles. The summed E-state index contributed by atoms with van der Waals surface area (Å²) in [5.41, 5.74) is 4.24. The summed E-state index contributed by atoms with van der Waals surface area (Å²) in [6.07, 6.45) is 1.29. The first-order valence-electron chi connectivity index (χ1n) is 10.3. The van der Waals surface area contributed by atoms with Crippen molar-refractivity contribution in [2.45, 2.75) is 13.8 Å². The number of carbonyl (C=O) groups excluding carboxylic acids is 3. The van der Waals surface area contributed by atoms with Gasteiger partial charge in [0.1, 0.15) is 11.5 Å². The average molecular weight is 524 g/mol. The van der Waals surface area contributed by atoms with E-state index in [9.17, 15) is 14.4 Å². The fourth-order valence-electron chi connectivity index (χ4n) is 2.87. The summed E-state index contributed by atoms with van der Waals surface area (Å²) >= 11 is 3.35. The molecule has 0 aliphatic rings. The Labute approximate surface area is 205 Å². The van der Waals surface area contributed by atoms with E-state index >= 15 is 0 Å². The lowest BCUT2D eigenvalue weighted by atomic mass is 10.1. The molecule has 174 valence electrons. The molecule has 0 spiro atoms. The molecular weight excluding hydrogens is 502 g/mol. The molecule has 0 heterocycles. The molecule has 2 amide bonds. The SMILES string of the molecule is CCOc1ccc(NC(=O)C(=O)N/N=C/c2cc(Br)ccc2OC(=O)c2ccccc2C)cc1. The Morgan fingerprint density at radius 1 is 1.00 bits per heavy atom. The van der Waals surface area contributed by atoms with Crippen molar-refractivity contribution in [3.05, 3.63) is 87.9 Å². The summed E-state index contributed by atoms with van der Waals surface area (Å²) in [6, 6.07) is 18.7. The van der Waals surface area contributed by atoms with Crippen molar-refractivity contribution >= 4 is 45.6 Å². The number of rotatable bonds is 7. The number of anilines is 1. The van der Waals surface area contributed by atoms with Gasteiger partial charge in [0.2, 0.25) is 0 Å². The number of nitrogens with one attached hydrogen (secondary N) is 2. The molecule has 0 aliphatic heterocycles. The smallest absolute Gasteiger partial charge is 0.343 e. The van der Waals surface area contributed by atoms with Crippen molar-refractivity contribution in [2.75, 3.05) is 11.9 Å². The van der Waals surface area contributed by atoms with Crippen molar-refractivity contribution < 1.29 is 23.9 Å². The molecule has 0 aliphatic carbocycles. The summed E-state index contributed by atoms with van der Waals surface area (Å²) in [6.45, 7) is 4.21. The zero-order valence-corrected chi connectivity index (χ0v) is 20.1. The van der Waals surface area contributed by atoms with E-state index < -0.39 is 17.8 Å². The van der Waals surface area contributed by atoms with Gasteiger partial charge in [-0.05, 0) is 67.9 Å². The lowest BCUT2D eigenvalue weighted by Crippen LogP contribution is -2.32. The average Bonchev–Trinajstić information content (AvgIpc) is 2.82. The van der Waals surface area contributed by atoms with Gasteiger partial charge in [0.15, 0.2) is 0 Å². The van der Waals surface area contributed by atoms with Gasteiger partial charge < -0.3 is 14.8 Å². The number of carbonyl (C=O) groups is 3. The maximum atomic E-state index is 12.6. The molecule has 0 unspecified atom stereocenters. The third-order valence-corrected chi connectivity index (χ3v) is 5.03. The zero-order valence-electron chi connectivity index (χ0n) is 18.5. The molecule has 9 heteroatoms. The van der Waals surface area contributed by atoms with Crippen LogP contribution in [0.2, 0.25) is 0 Å². The standard InChI is InChI=1S/C25H22BrN3O5/c1-3-33-20-11-9-19(10-12-20)28-23(30)24(31)29-27-15-17-14-18(26)8-13-22(17)34-25(32)21-7-5-4-6-16(21)2/h4-15H,3H2,1-2H3,(H,28,30)(H,29,31)/b27-15+. The Morgan fingerprint density at radius 2 is 1.74 bits per heavy atom. The molecule has 3 rings (SSSR count). The van der Waals surface area contributed by atoms with E-state index in [1.807, 2.05) is 26.0 Å². The van der Waals surface area contributed by atoms with Crippen molar-refractivity contribution in [2.24, 2.45) is 5.10 Å². The molecule has 0 bridgehead atoms. The lowest BCUT2D eigenvalue weighted by molar-refractivity contribution is -0.136. The number of amides is 2. The summed E-state index contributed by atoms with van der Waals surface area (Å²) < 4.78 is 11.6. The van der Waals surface area contributed by atoms with Gasteiger partial charge in [-0.3, -0.25) is 9.59 Å². The summed E-state index contributed by atoms with van der Waals surface area (Å²) in [4.78, 5) is 36.8. The molecular formula is C25H22BrN3O5. The van der Waals surface area contributed by atoms with E-state index in [0.717, 1.165) is 5.56 Å². The van der Waals surface area contributed by atoms with E-state index in [1.54, 1.807) is 54.6 Å². The topological polar surface area (TPSA) is 106 Å². The van der Waals surface area contributed by atoms with Gasteiger partial charge in [-0.15, -0.1) is 0 Å². The minimum Gasteiger partial charge on any atom is -0.494 e. The van der Waals surface area contributed by atoms with Crippen LogP contribution < -0.4 is 20.2 Å². The number of esters is 1. The number of hydrogen-bond acceptors (Lipinski definition) is 6. The predicted octanol–water partition coefficient (Wildman–Crippen LogP) is 4.46. The number of benzene rings is 3. The van der Waals surface area contributed by atoms with Crippen LogP contribution in [0, 0.1) is 6.92 Å². The highest BCUT2D eigenvalue weighted by molar-refractivity contribution is 9.10. The lowest BCUT2D eigenvalue weighted by Gasteiger charge is -2.09. The molecule has 3 aromatic rings. The fourth-order valence-corrected chi connectivity index (χ4v) is 3.25. The largest absolute Gasteiger partial charge is 0.494 e. The normalized spacial score (nSPS) is 10.6. The first-order valence-corrected chi connectivity index (χ1v) is 11.1. The highest BCUT2D eigenvalue weighted by Gasteiger charge is 2.15. The van der Waals surface area contributed by atoms with Crippen molar-refractivity contribution in [3.63, 3.8) is 0 Å². The Morgan fingerprint density at radius 3 is 2.44 bits per heavy atom. The quantitative estimate of drug-likeness (QED) is 0.156. The Bertz CT molecular complexity index is 1230. The zero-order chi connectivity index (χ0) is 24.5. The number of halogens is 1. The van der Waals surface area contributed by atoms with Gasteiger partial charge in [-0.1, -0.05) is 34.1 Å². The van der Waals surface area contributed by atoms with Gasteiger partial charge in [0.25, 0.3) is 0 Å². The molecule has 8 nitrogen and oxygen atoms in total. The van der Waals surface area contributed by atoms with Crippen LogP contribution in [0.15, 0.2) is 76.3 Å². The maximum absolute atomic E-state index is 12.6. The van der Waals surface area contributed by atoms with Crippen LogP contribution in [-0.4, -0.2) is 30.6 Å². The summed E-state index contributed by atoms with van der Waals surface area (Å²) in [5, 5.41) is 6.30. The minimum absolute atomic E-state index is 0.244. The summed E-state index contributed by atoms with van der Waals surface area (Å²) in [5.74, 6) is -1.47. The predicted molar refractivity (Wildman–Crippen MR) is 132 cm³/mol. The van der Waals surface area contributed by atoms with Crippen LogP contribution in [0.5, 0.6) is 11.5 Å². The Balaban J connectivity index is 1.64. The Hall–Kier alpha value is -3.98. The van der Waals surface area contributed by atoms with Crippen molar-refractivity contribution in [3.8, 4) is 11.5 Å². The highest BCUT2D eigenvalue weighted by atomic mass is 79.9.